The zero-order chi connectivity index (χ0) is 19.2. The number of hydroxylamine groups is 2. The number of carbonyl (C=O) groups is 1. The number of benzene rings is 1. The monoisotopic (exact) mass is 374 g/mol. The molecule has 1 fully saturated rings. The maximum atomic E-state index is 12.0. The molecule has 1 N–H and O–H groups in total. The summed E-state index contributed by atoms with van der Waals surface area (Å²) in [7, 11) is 0. The average molecular weight is 375 g/mol. The highest BCUT2D eigenvalue weighted by atomic mass is 16.7. The van der Waals surface area contributed by atoms with E-state index >= 15 is 0 Å². The van der Waals surface area contributed by atoms with E-state index in [1.165, 1.54) is 37.7 Å². The van der Waals surface area contributed by atoms with Crippen molar-refractivity contribution in [2.45, 2.75) is 77.0 Å². The Morgan fingerprint density at radius 1 is 0.926 bits per heavy atom. The predicted octanol–water partition coefficient (Wildman–Crippen LogP) is 5.12. The molecule has 5 heteroatoms. The minimum atomic E-state index is -0.500. The van der Waals surface area contributed by atoms with Gasteiger partial charge in [0.1, 0.15) is 0 Å². The summed E-state index contributed by atoms with van der Waals surface area (Å²) in [5, 5.41) is 13.9. The van der Waals surface area contributed by atoms with Crippen LogP contribution in [0.2, 0.25) is 0 Å². The summed E-state index contributed by atoms with van der Waals surface area (Å²) in [5.41, 5.74) is 1.56. The number of oxime groups is 1. The van der Waals surface area contributed by atoms with E-state index in [4.69, 9.17) is 10.0 Å². The third-order valence-electron chi connectivity index (χ3n) is 5.11. The Morgan fingerprint density at radius 3 is 2.22 bits per heavy atom. The van der Waals surface area contributed by atoms with E-state index in [2.05, 4.69) is 35.5 Å². The van der Waals surface area contributed by atoms with Gasteiger partial charge in [0.2, 0.25) is 0 Å². The topological polar surface area (TPSA) is 62.1 Å². The number of unbranched alkanes of at least 4 members (excludes halogenated alkanes) is 6. The molecule has 1 saturated heterocycles. The van der Waals surface area contributed by atoms with Crippen molar-refractivity contribution in [1.29, 1.82) is 0 Å². The molecule has 0 amide bonds. The summed E-state index contributed by atoms with van der Waals surface area (Å²) in [5.74, 6) is -0.500. The normalized spacial score (nSPS) is 15.6. The molecule has 0 saturated carbocycles. The maximum Gasteiger partial charge on any atom is 0.374 e. The number of carbonyl (C=O) groups excluding carboxylic acids is 1. The molecular weight excluding hydrogens is 340 g/mol. The summed E-state index contributed by atoms with van der Waals surface area (Å²) in [4.78, 5) is 17.3. The first-order valence-electron chi connectivity index (χ1n) is 10.5. The molecule has 27 heavy (non-hydrogen) atoms. The zero-order valence-electron chi connectivity index (χ0n) is 16.4. The fourth-order valence-electron chi connectivity index (χ4n) is 3.47. The number of nitrogens with zero attached hydrogens (tertiary/aromatic N) is 2. The highest BCUT2D eigenvalue weighted by Crippen LogP contribution is 2.13. The van der Waals surface area contributed by atoms with E-state index in [-0.39, 0.29) is 5.71 Å². The van der Waals surface area contributed by atoms with Gasteiger partial charge in [-0.05, 0) is 37.7 Å². The van der Waals surface area contributed by atoms with Gasteiger partial charge < -0.3 is 10.0 Å². The van der Waals surface area contributed by atoms with Crippen molar-refractivity contribution in [1.82, 2.24) is 5.06 Å². The third-order valence-corrected chi connectivity index (χ3v) is 5.11. The fourth-order valence-corrected chi connectivity index (χ4v) is 3.47. The van der Waals surface area contributed by atoms with E-state index in [1.807, 2.05) is 0 Å². The SMILES string of the molecule is O=C(ON1CCCCC1)C(CCCCCCCCCc1ccccc1)=NO. The molecule has 0 aromatic heterocycles. The van der Waals surface area contributed by atoms with Crippen molar-refractivity contribution in [2.75, 3.05) is 13.1 Å². The van der Waals surface area contributed by atoms with E-state index in [0.717, 1.165) is 51.6 Å². The summed E-state index contributed by atoms with van der Waals surface area (Å²) in [6.45, 7) is 1.55. The molecule has 0 radical (unpaired) electrons. The van der Waals surface area contributed by atoms with Crippen LogP contribution in [-0.2, 0) is 16.1 Å². The van der Waals surface area contributed by atoms with Crippen LogP contribution < -0.4 is 0 Å². The molecule has 1 aromatic carbocycles. The van der Waals surface area contributed by atoms with E-state index in [0.29, 0.717) is 6.42 Å². The number of piperidine rings is 1. The third kappa shape index (κ3) is 9.05. The van der Waals surface area contributed by atoms with Crippen molar-refractivity contribution in [3.8, 4) is 0 Å². The van der Waals surface area contributed by atoms with Crippen molar-refractivity contribution < 1.29 is 14.8 Å². The van der Waals surface area contributed by atoms with Gasteiger partial charge in [-0.1, -0.05) is 74.0 Å². The summed E-state index contributed by atoms with van der Waals surface area (Å²) in [6, 6.07) is 10.6. The molecule has 1 heterocycles. The summed E-state index contributed by atoms with van der Waals surface area (Å²) < 4.78 is 0. The second-order valence-electron chi connectivity index (χ2n) is 7.38. The minimum Gasteiger partial charge on any atom is -0.410 e. The highest BCUT2D eigenvalue weighted by Gasteiger charge is 2.19. The van der Waals surface area contributed by atoms with Gasteiger partial charge in [-0.15, -0.1) is 5.06 Å². The standard InChI is InChI=1S/C22H34N2O3/c25-22(27-24-18-12-7-13-19-24)21(23-26)17-11-5-3-1-2-4-8-14-20-15-9-6-10-16-20/h6,9-10,15-16,26H,1-5,7-8,11-14,17-19H2. The van der Waals surface area contributed by atoms with Crippen LogP contribution in [0.1, 0.15) is 76.2 Å². The van der Waals surface area contributed by atoms with Crippen LogP contribution in [0.5, 0.6) is 0 Å². The first kappa shape index (κ1) is 21.4. The lowest BCUT2D eigenvalue weighted by atomic mass is 10.0. The lowest BCUT2D eigenvalue weighted by Crippen LogP contribution is -2.35. The molecule has 5 nitrogen and oxygen atoms in total. The lowest BCUT2D eigenvalue weighted by Gasteiger charge is -2.24. The van der Waals surface area contributed by atoms with Gasteiger partial charge in [-0.2, -0.15) is 0 Å². The number of rotatable bonds is 12. The Balaban J connectivity index is 1.46. The molecule has 1 aliphatic rings. The van der Waals surface area contributed by atoms with Gasteiger partial charge in [-0.25, -0.2) is 4.79 Å². The molecule has 2 rings (SSSR count). The van der Waals surface area contributed by atoms with Gasteiger partial charge in [0.05, 0.1) is 0 Å². The van der Waals surface area contributed by atoms with Crippen LogP contribution in [0.3, 0.4) is 0 Å². The Hall–Kier alpha value is -1.88. The van der Waals surface area contributed by atoms with Crippen molar-refractivity contribution in [2.24, 2.45) is 5.16 Å². The average Bonchev–Trinajstić information content (AvgIpc) is 2.71. The second kappa shape index (κ2) is 13.3. The second-order valence-corrected chi connectivity index (χ2v) is 7.38. The fraction of sp³-hybridized carbons (Fsp3) is 0.636. The van der Waals surface area contributed by atoms with Crippen LogP contribution in [-0.4, -0.2) is 35.0 Å². The van der Waals surface area contributed by atoms with Crippen LogP contribution in [0.15, 0.2) is 35.5 Å². The Labute approximate surface area is 163 Å². The van der Waals surface area contributed by atoms with Crippen LogP contribution in [0.25, 0.3) is 0 Å². The van der Waals surface area contributed by atoms with Crippen molar-refractivity contribution >= 4 is 11.7 Å². The molecular formula is C22H34N2O3. The number of hydrogen-bond acceptors (Lipinski definition) is 5. The smallest absolute Gasteiger partial charge is 0.374 e. The van der Waals surface area contributed by atoms with Crippen LogP contribution in [0, 0.1) is 0 Å². The zero-order valence-corrected chi connectivity index (χ0v) is 16.4. The van der Waals surface area contributed by atoms with Crippen molar-refractivity contribution in [3.63, 3.8) is 0 Å². The molecule has 1 aromatic rings. The Bertz CT molecular complexity index is 554. The van der Waals surface area contributed by atoms with Crippen molar-refractivity contribution in [3.05, 3.63) is 35.9 Å². The summed E-state index contributed by atoms with van der Waals surface area (Å²) in [6.07, 6.45) is 13.0. The molecule has 150 valence electrons. The van der Waals surface area contributed by atoms with E-state index < -0.39 is 5.97 Å². The van der Waals surface area contributed by atoms with Gasteiger partial charge in [0, 0.05) is 19.5 Å². The maximum absolute atomic E-state index is 12.0. The molecule has 0 atom stereocenters. The van der Waals surface area contributed by atoms with Gasteiger partial charge in [0.15, 0.2) is 5.71 Å². The van der Waals surface area contributed by atoms with Gasteiger partial charge in [0.25, 0.3) is 0 Å². The number of hydrogen-bond donors (Lipinski definition) is 1. The largest absolute Gasteiger partial charge is 0.410 e. The van der Waals surface area contributed by atoms with E-state index in [9.17, 15) is 4.79 Å². The van der Waals surface area contributed by atoms with Gasteiger partial charge >= 0.3 is 5.97 Å². The molecule has 0 spiro atoms. The highest BCUT2D eigenvalue weighted by molar-refractivity contribution is 6.36. The van der Waals surface area contributed by atoms with Gasteiger partial charge in [-0.3, -0.25) is 0 Å². The number of aryl methyl sites for hydroxylation is 1. The van der Waals surface area contributed by atoms with Crippen LogP contribution in [0.4, 0.5) is 0 Å². The lowest BCUT2D eigenvalue weighted by molar-refractivity contribution is -0.185. The molecule has 0 bridgehead atoms. The first-order chi connectivity index (χ1) is 13.3. The summed E-state index contributed by atoms with van der Waals surface area (Å²) >= 11 is 0. The molecule has 0 aliphatic carbocycles. The molecule has 1 aliphatic heterocycles. The quantitative estimate of drug-likeness (QED) is 0.239. The van der Waals surface area contributed by atoms with E-state index in [1.54, 1.807) is 5.06 Å². The predicted molar refractivity (Wildman–Crippen MR) is 108 cm³/mol. The first-order valence-corrected chi connectivity index (χ1v) is 10.5. The Kier molecular flexibility index (Phi) is 10.6. The Morgan fingerprint density at radius 2 is 1.56 bits per heavy atom. The molecule has 0 unspecified atom stereocenters. The van der Waals surface area contributed by atoms with Crippen LogP contribution >= 0.6 is 0 Å². The minimum absolute atomic E-state index is 0.142.